The molecule has 1 aliphatic rings. The molecule has 1 fully saturated rings. The average Bonchev–Trinajstić information content (AvgIpc) is 2.33. The number of carbonyl (C=O) groups is 1. The summed E-state index contributed by atoms with van der Waals surface area (Å²) in [5.74, 6) is -0.705. The van der Waals surface area contributed by atoms with Gasteiger partial charge in [0.05, 0.1) is 0 Å². The van der Waals surface area contributed by atoms with Gasteiger partial charge in [0.1, 0.15) is 6.54 Å². The van der Waals surface area contributed by atoms with Gasteiger partial charge >= 0.3 is 6.18 Å². The first-order chi connectivity index (χ1) is 9.11. The summed E-state index contributed by atoms with van der Waals surface area (Å²) in [5, 5.41) is 0. The quantitative estimate of drug-likeness (QED) is 0.866. The maximum atomic E-state index is 12.6. The van der Waals surface area contributed by atoms with Crippen LogP contribution in [-0.4, -0.2) is 35.6 Å². The van der Waals surface area contributed by atoms with E-state index >= 15 is 0 Å². The summed E-state index contributed by atoms with van der Waals surface area (Å²) in [6.45, 7) is 3.79. The van der Waals surface area contributed by atoms with Crippen molar-refractivity contribution in [1.29, 1.82) is 0 Å². The van der Waals surface area contributed by atoms with Crippen LogP contribution in [0, 0.1) is 11.8 Å². The topological polar surface area (TPSA) is 46.3 Å². The van der Waals surface area contributed by atoms with Gasteiger partial charge in [0, 0.05) is 18.0 Å². The van der Waals surface area contributed by atoms with Gasteiger partial charge in [-0.2, -0.15) is 13.2 Å². The third-order valence-electron chi connectivity index (χ3n) is 4.11. The SMILES string of the molecule is CC(C(=O)N(CC(F)(F)F)C(C)C)C1CCCC(N)C1. The summed E-state index contributed by atoms with van der Waals surface area (Å²) in [6, 6.07) is -0.386. The Kier molecular flexibility index (Phi) is 5.86. The van der Waals surface area contributed by atoms with Crippen LogP contribution >= 0.6 is 0 Å². The highest BCUT2D eigenvalue weighted by atomic mass is 19.4. The molecule has 3 unspecified atom stereocenters. The van der Waals surface area contributed by atoms with Crippen molar-refractivity contribution in [2.45, 2.75) is 64.7 Å². The second kappa shape index (κ2) is 6.78. The fraction of sp³-hybridized carbons (Fsp3) is 0.929. The van der Waals surface area contributed by atoms with Crippen LogP contribution in [0.4, 0.5) is 13.2 Å². The smallest absolute Gasteiger partial charge is 0.331 e. The molecule has 0 radical (unpaired) electrons. The number of hydrogen-bond donors (Lipinski definition) is 1. The Labute approximate surface area is 118 Å². The van der Waals surface area contributed by atoms with Gasteiger partial charge in [-0.15, -0.1) is 0 Å². The van der Waals surface area contributed by atoms with Crippen LogP contribution < -0.4 is 5.73 Å². The van der Waals surface area contributed by atoms with Gasteiger partial charge < -0.3 is 10.6 Å². The molecule has 3 nitrogen and oxygen atoms in total. The molecule has 20 heavy (non-hydrogen) atoms. The number of alkyl halides is 3. The van der Waals surface area contributed by atoms with E-state index < -0.39 is 30.6 Å². The van der Waals surface area contributed by atoms with E-state index in [9.17, 15) is 18.0 Å². The number of carbonyl (C=O) groups excluding carboxylic acids is 1. The molecule has 0 aliphatic heterocycles. The van der Waals surface area contributed by atoms with E-state index in [2.05, 4.69) is 0 Å². The lowest BCUT2D eigenvalue weighted by Crippen LogP contribution is -2.47. The van der Waals surface area contributed by atoms with Crippen LogP contribution in [0.15, 0.2) is 0 Å². The number of amides is 1. The zero-order chi connectivity index (χ0) is 15.5. The maximum Gasteiger partial charge on any atom is 0.406 e. The minimum Gasteiger partial charge on any atom is -0.331 e. The molecule has 0 heterocycles. The predicted molar refractivity (Wildman–Crippen MR) is 72.0 cm³/mol. The van der Waals surface area contributed by atoms with Crippen molar-refractivity contribution in [1.82, 2.24) is 4.90 Å². The highest BCUT2D eigenvalue weighted by Gasteiger charge is 2.38. The summed E-state index contributed by atoms with van der Waals surface area (Å²) < 4.78 is 37.7. The highest BCUT2D eigenvalue weighted by molar-refractivity contribution is 5.79. The van der Waals surface area contributed by atoms with E-state index in [1.807, 2.05) is 0 Å². The highest BCUT2D eigenvalue weighted by Crippen LogP contribution is 2.31. The number of hydrogen-bond acceptors (Lipinski definition) is 2. The first-order valence-corrected chi connectivity index (χ1v) is 7.24. The lowest BCUT2D eigenvalue weighted by Gasteiger charge is -2.35. The van der Waals surface area contributed by atoms with Crippen LogP contribution in [0.2, 0.25) is 0 Å². The predicted octanol–water partition coefficient (Wildman–Crippen LogP) is 2.94. The molecular weight excluding hydrogens is 269 g/mol. The van der Waals surface area contributed by atoms with Gasteiger partial charge in [0.2, 0.25) is 5.91 Å². The van der Waals surface area contributed by atoms with Crippen molar-refractivity contribution in [3.63, 3.8) is 0 Å². The Hall–Kier alpha value is -0.780. The van der Waals surface area contributed by atoms with Gasteiger partial charge in [-0.05, 0) is 39.0 Å². The largest absolute Gasteiger partial charge is 0.406 e. The van der Waals surface area contributed by atoms with Gasteiger partial charge in [-0.3, -0.25) is 4.79 Å². The normalized spacial score (nSPS) is 25.6. The molecule has 0 aromatic heterocycles. The molecule has 6 heteroatoms. The fourth-order valence-electron chi connectivity index (χ4n) is 2.89. The summed E-state index contributed by atoms with van der Waals surface area (Å²) in [5.41, 5.74) is 5.90. The number of nitrogens with zero attached hydrogens (tertiary/aromatic N) is 1. The van der Waals surface area contributed by atoms with Crippen molar-refractivity contribution in [3.8, 4) is 0 Å². The Morgan fingerprint density at radius 1 is 1.30 bits per heavy atom. The molecule has 0 aromatic rings. The van der Waals surface area contributed by atoms with Crippen LogP contribution in [0.5, 0.6) is 0 Å². The molecule has 118 valence electrons. The standard InChI is InChI=1S/C14H25F3N2O/c1-9(2)19(8-14(15,16)17)13(20)10(3)11-5-4-6-12(18)7-11/h9-12H,4-8,18H2,1-3H3. The third kappa shape index (κ3) is 4.96. The van der Waals surface area contributed by atoms with Gasteiger partial charge in [0.25, 0.3) is 0 Å². The molecule has 0 saturated heterocycles. The fourth-order valence-corrected chi connectivity index (χ4v) is 2.89. The molecule has 1 aliphatic carbocycles. The number of nitrogens with two attached hydrogens (primary N) is 1. The summed E-state index contributed by atoms with van der Waals surface area (Å²) >= 11 is 0. The molecule has 1 amide bonds. The zero-order valence-corrected chi connectivity index (χ0v) is 12.4. The minimum atomic E-state index is -4.36. The Balaban J connectivity index is 2.73. The monoisotopic (exact) mass is 294 g/mol. The van der Waals surface area contributed by atoms with Crippen LogP contribution in [0.1, 0.15) is 46.5 Å². The van der Waals surface area contributed by atoms with Crippen LogP contribution in [0.25, 0.3) is 0 Å². The maximum absolute atomic E-state index is 12.6. The molecule has 1 saturated carbocycles. The van der Waals surface area contributed by atoms with E-state index in [1.165, 1.54) is 0 Å². The average molecular weight is 294 g/mol. The zero-order valence-electron chi connectivity index (χ0n) is 12.4. The van der Waals surface area contributed by atoms with Crippen LogP contribution in [-0.2, 0) is 4.79 Å². The van der Waals surface area contributed by atoms with Gasteiger partial charge in [-0.25, -0.2) is 0 Å². The molecular formula is C14H25F3N2O. The second-order valence-corrected chi connectivity index (χ2v) is 6.15. The summed E-state index contributed by atoms with van der Waals surface area (Å²) in [7, 11) is 0. The molecule has 0 aromatic carbocycles. The van der Waals surface area contributed by atoms with E-state index in [0.717, 1.165) is 30.6 Å². The van der Waals surface area contributed by atoms with Crippen molar-refractivity contribution < 1.29 is 18.0 Å². The van der Waals surface area contributed by atoms with Crippen molar-refractivity contribution in [3.05, 3.63) is 0 Å². The molecule has 3 atom stereocenters. The molecule has 0 bridgehead atoms. The first-order valence-electron chi connectivity index (χ1n) is 7.24. The molecule has 2 N–H and O–H groups in total. The Morgan fingerprint density at radius 3 is 2.35 bits per heavy atom. The van der Waals surface area contributed by atoms with Crippen LogP contribution in [0.3, 0.4) is 0 Å². The van der Waals surface area contributed by atoms with E-state index in [0.29, 0.717) is 0 Å². The molecule has 0 spiro atoms. The van der Waals surface area contributed by atoms with E-state index in [-0.39, 0.29) is 12.0 Å². The lowest BCUT2D eigenvalue weighted by molar-refractivity contribution is -0.168. The van der Waals surface area contributed by atoms with Gasteiger partial charge in [-0.1, -0.05) is 13.3 Å². The summed E-state index contributed by atoms with van der Waals surface area (Å²) in [6.07, 6.45) is -0.871. The second-order valence-electron chi connectivity index (χ2n) is 6.15. The molecule has 1 rings (SSSR count). The van der Waals surface area contributed by atoms with E-state index in [4.69, 9.17) is 5.73 Å². The van der Waals surface area contributed by atoms with Crippen molar-refractivity contribution >= 4 is 5.91 Å². The number of halogens is 3. The van der Waals surface area contributed by atoms with E-state index in [1.54, 1.807) is 20.8 Å². The Bertz CT molecular complexity index is 331. The van der Waals surface area contributed by atoms with Crippen molar-refractivity contribution in [2.75, 3.05) is 6.54 Å². The third-order valence-corrected chi connectivity index (χ3v) is 4.11. The first kappa shape index (κ1) is 17.3. The lowest BCUT2D eigenvalue weighted by atomic mass is 9.78. The van der Waals surface area contributed by atoms with Crippen molar-refractivity contribution in [2.24, 2.45) is 17.6 Å². The number of rotatable bonds is 4. The van der Waals surface area contributed by atoms with Gasteiger partial charge in [0.15, 0.2) is 0 Å². The summed E-state index contributed by atoms with van der Waals surface area (Å²) in [4.78, 5) is 13.3. The minimum absolute atomic E-state index is 0.0686. The Morgan fingerprint density at radius 2 is 1.90 bits per heavy atom.